The SMILES string of the molecule is CCCn1cc(CN(C)C2CCCC2CN)cn1. The summed E-state index contributed by atoms with van der Waals surface area (Å²) in [5, 5.41) is 4.39. The summed E-state index contributed by atoms with van der Waals surface area (Å²) in [6.07, 6.45) is 9.22. The maximum Gasteiger partial charge on any atom is 0.0534 e. The zero-order valence-corrected chi connectivity index (χ0v) is 11.7. The fourth-order valence-corrected chi connectivity index (χ4v) is 3.12. The molecule has 2 N–H and O–H groups in total. The first-order valence-corrected chi connectivity index (χ1v) is 7.16. The van der Waals surface area contributed by atoms with E-state index in [0.29, 0.717) is 12.0 Å². The molecule has 1 aliphatic rings. The van der Waals surface area contributed by atoms with Gasteiger partial charge in [0.15, 0.2) is 0 Å². The zero-order chi connectivity index (χ0) is 13.0. The Kier molecular flexibility index (Phi) is 4.78. The minimum Gasteiger partial charge on any atom is -0.330 e. The summed E-state index contributed by atoms with van der Waals surface area (Å²) in [4.78, 5) is 2.46. The van der Waals surface area contributed by atoms with Crippen molar-refractivity contribution in [2.75, 3.05) is 13.6 Å². The molecule has 0 saturated heterocycles. The Balaban J connectivity index is 1.91. The highest BCUT2D eigenvalue weighted by Gasteiger charge is 2.29. The van der Waals surface area contributed by atoms with Crippen LogP contribution in [-0.2, 0) is 13.1 Å². The Labute approximate surface area is 110 Å². The third-order valence-corrected chi connectivity index (χ3v) is 4.06. The van der Waals surface area contributed by atoms with Crippen LogP contribution in [-0.4, -0.2) is 34.3 Å². The third-order valence-electron chi connectivity index (χ3n) is 4.06. The number of aryl methyl sites for hydroxylation is 1. The van der Waals surface area contributed by atoms with Crippen molar-refractivity contribution in [3.8, 4) is 0 Å². The summed E-state index contributed by atoms with van der Waals surface area (Å²) in [7, 11) is 2.22. The smallest absolute Gasteiger partial charge is 0.0534 e. The molecule has 102 valence electrons. The molecule has 1 aromatic heterocycles. The zero-order valence-electron chi connectivity index (χ0n) is 11.7. The molecule has 1 aromatic rings. The van der Waals surface area contributed by atoms with E-state index in [4.69, 9.17) is 5.73 Å². The van der Waals surface area contributed by atoms with E-state index in [1.807, 2.05) is 10.9 Å². The fourth-order valence-electron chi connectivity index (χ4n) is 3.12. The number of nitrogens with two attached hydrogens (primary N) is 1. The van der Waals surface area contributed by atoms with Gasteiger partial charge in [0.05, 0.1) is 6.20 Å². The van der Waals surface area contributed by atoms with Crippen molar-refractivity contribution in [1.82, 2.24) is 14.7 Å². The van der Waals surface area contributed by atoms with Gasteiger partial charge in [-0.25, -0.2) is 0 Å². The summed E-state index contributed by atoms with van der Waals surface area (Å²) in [5.74, 6) is 0.681. The van der Waals surface area contributed by atoms with Crippen LogP contribution in [0.15, 0.2) is 12.4 Å². The van der Waals surface area contributed by atoms with Gasteiger partial charge in [-0.15, -0.1) is 0 Å². The molecule has 0 amide bonds. The Morgan fingerprint density at radius 1 is 1.50 bits per heavy atom. The van der Waals surface area contributed by atoms with E-state index in [9.17, 15) is 0 Å². The molecule has 0 spiro atoms. The molecular formula is C14H26N4. The number of rotatable bonds is 6. The molecule has 18 heavy (non-hydrogen) atoms. The largest absolute Gasteiger partial charge is 0.330 e. The third kappa shape index (κ3) is 3.12. The maximum atomic E-state index is 5.86. The van der Waals surface area contributed by atoms with Gasteiger partial charge in [-0.05, 0) is 38.8 Å². The monoisotopic (exact) mass is 250 g/mol. The highest BCUT2D eigenvalue weighted by atomic mass is 15.3. The Morgan fingerprint density at radius 2 is 2.33 bits per heavy atom. The summed E-state index contributed by atoms with van der Waals surface area (Å²) in [5.41, 5.74) is 7.17. The van der Waals surface area contributed by atoms with Crippen LogP contribution in [0.5, 0.6) is 0 Å². The predicted octanol–water partition coefficient (Wildman–Crippen LogP) is 1.85. The van der Waals surface area contributed by atoms with Gasteiger partial charge in [0.2, 0.25) is 0 Å². The lowest BCUT2D eigenvalue weighted by molar-refractivity contribution is 0.193. The first-order valence-electron chi connectivity index (χ1n) is 7.16. The first-order chi connectivity index (χ1) is 8.74. The molecule has 0 aliphatic heterocycles. The Hall–Kier alpha value is -0.870. The lowest BCUT2D eigenvalue weighted by Gasteiger charge is -2.28. The second kappa shape index (κ2) is 6.34. The minimum atomic E-state index is 0.657. The summed E-state index contributed by atoms with van der Waals surface area (Å²) in [6.45, 7) is 5.01. The summed E-state index contributed by atoms with van der Waals surface area (Å²) >= 11 is 0. The van der Waals surface area contributed by atoms with Crippen LogP contribution < -0.4 is 5.73 Å². The van der Waals surface area contributed by atoms with E-state index in [0.717, 1.165) is 26.1 Å². The van der Waals surface area contributed by atoms with E-state index >= 15 is 0 Å². The number of hydrogen-bond donors (Lipinski definition) is 1. The average molecular weight is 250 g/mol. The van der Waals surface area contributed by atoms with Crippen LogP contribution >= 0.6 is 0 Å². The summed E-state index contributed by atoms with van der Waals surface area (Å²) < 4.78 is 2.04. The molecule has 4 nitrogen and oxygen atoms in total. The lowest BCUT2D eigenvalue weighted by Crippen LogP contribution is -2.37. The Bertz CT molecular complexity index is 360. The van der Waals surface area contributed by atoms with E-state index < -0.39 is 0 Å². The van der Waals surface area contributed by atoms with Crippen LogP contribution in [0, 0.1) is 5.92 Å². The molecule has 0 aromatic carbocycles. The van der Waals surface area contributed by atoms with Crippen LogP contribution in [0.2, 0.25) is 0 Å². The molecular weight excluding hydrogens is 224 g/mol. The van der Waals surface area contributed by atoms with E-state index in [2.05, 4.69) is 30.2 Å². The maximum absolute atomic E-state index is 5.86. The van der Waals surface area contributed by atoms with Gasteiger partial charge in [-0.3, -0.25) is 9.58 Å². The van der Waals surface area contributed by atoms with E-state index in [-0.39, 0.29) is 0 Å². The van der Waals surface area contributed by atoms with Crippen molar-refractivity contribution < 1.29 is 0 Å². The van der Waals surface area contributed by atoms with Crippen LogP contribution in [0.3, 0.4) is 0 Å². The van der Waals surface area contributed by atoms with Gasteiger partial charge in [0.25, 0.3) is 0 Å². The Morgan fingerprint density at radius 3 is 3.06 bits per heavy atom. The van der Waals surface area contributed by atoms with E-state index in [1.165, 1.54) is 24.8 Å². The quantitative estimate of drug-likeness (QED) is 0.838. The average Bonchev–Trinajstić information content (AvgIpc) is 2.98. The summed E-state index contributed by atoms with van der Waals surface area (Å²) in [6, 6.07) is 0.657. The van der Waals surface area contributed by atoms with Gasteiger partial charge in [-0.1, -0.05) is 13.3 Å². The van der Waals surface area contributed by atoms with Crippen molar-refractivity contribution in [1.29, 1.82) is 0 Å². The molecule has 0 bridgehead atoms. The molecule has 2 atom stereocenters. The number of nitrogens with zero attached hydrogens (tertiary/aromatic N) is 3. The highest BCUT2D eigenvalue weighted by molar-refractivity contribution is 5.04. The van der Waals surface area contributed by atoms with Crippen molar-refractivity contribution in [3.63, 3.8) is 0 Å². The molecule has 4 heteroatoms. The van der Waals surface area contributed by atoms with Gasteiger partial charge >= 0.3 is 0 Å². The predicted molar refractivity (Wildman–Crippen MR) is 74.2 cm³/mol. The van der Waals surface area contributed by atoms with Crippen LogP contribution in [0.4, 0.5) is 0 Å². The molecule has 1 aliphatic carbocycles. The number of hydrogen-bond acceptors (Lipinski definition) is 3. The van der Waals surface area contributed by atoms with Crippen molar-refractivity contribution >= 4 is 0 Å². The molecule has 2 rings (SSSR count). The fraction of sp³-hybridized carbons (Fsp3) is 0.786. The first kappa shape index (κ1) is 13.6. The van der Waals surface area contributed by atoms with Gasteiger partial charge in [0, 0.05) is 30.9 Å². The van der Waals surface area contributed by atoms with Crippen LogP contribution in [0.25, 0.3) is 0 Å². The van der Waals surface area contributed by atoms with Crippen molar-refractivity contribution in [2.45, 2.75) is 51.7 Å². The van der Waals surface area contributed by atoms with Crippen molar-refractivity contribution in [2.24, 2.45) is 11.7 Å². The minimum absolute atomic E-state index is 0.657. The van der Waals surface area contributed by atoms with Crippen molar-refractivity contribution in [3.05, 3.63) is 18.0 Å². The molecule has 1 fully saturated rings. The lowest BCUT2D eigenvalue weighted by atomic mass is 10.0. The van der Waals surface area contributed by atoms with Gasteiger partial charge in [0.1, 0.15) is 0 Å². The molecule has 0 radical (unpaired) electrons. The van der Waals surface area contributed by atoms with Crippen LogP contribution in [0.1, 0.15) is 38.2 Å². The second-order valence-corrected chi connectivity index (χ2v) is 5.52. The van der Waals surface area contributed by atoms with E-state index in [1.54, 1.807) is 0 Å². The molecule has 1 saturated carbocycles. The standard InChI is InChI=1S/C14H26N4/c1-3-7-18-11-12(9-16-18)10-17(2)14-6-4-5-13(14)8-15/h9,11,13-14H,3-8,10,15H2,1-2H3. The molecule has 2 unspecified atom stereocenters. The topological polar surface area (TPSA) is 47.1 Å². The number of aromatic nitrogens is 2. The second-order valence-electron chi connectivity index (χ2n) is 5.52. The molecule has 1 heterocycles. The van der Waals surface area contributed by atoms with Gasteiger partial charge in [-0.2, -0.15) is 5.10 Å². The normalized spacial score (nSPS) is 24.0. The highest BCUT2D eigenvalue weighted by Crippen LogP contribution is 2.29. The van der Waals surface area contributed by atoms with Gasteiger partial charge < -0.3 is 5.73 Å².